The smallest absolute Gasteiger partial charge is 0.265 e. The van der Waals surface area contributed by atoms with Crippen molar-refractivity contribution in [2.45, 2.75) is 0 Å². The van der Waals surface area contributed by atoms with E-state index < -0.39 is 0 Å². The summed E-state index contributed by atoms with van der Waals surface area (Å²) < 4.78 is 5.90. The molecule has 0 radical (unpaired) electrons. The van der Waals surface area contributed by atoms with Crippen LogP contribution in [0.15, 0.2) is 34.8 Å². The normalized spacial score (nSPS) is 9.67. The van der Waals surface area contributed by atoms with Crippen LogP contribution in [0.4, 0.5) is 5.69 Å². The number of rotatable bonds is 3. The Hall–Kier alpha value is -1.81. The SMILES string of the molecule is COc1ccc(NC(=O)c2ccc(C#CCO)s2)cc1Br. The van der Waals surface area contributed by atoms with Gasteiger partial charge in [0.15, 0.2) is 0 Å². The van der Waals surface area contributed by atoms with Gasteiger partial charge >= 0.3 is 0 Å². The maximum atomic E-state index is 12.1. The summed E-state index contributed by atoms with van der Waals surface area (Å²) in [5.41, 5.74) is 0.670. The first-order valence-electron chi connectivity index (χ1n) is 5.98. The molecule has 0 saturated carbocycles. The Bertz CT molecular complexity index is 715. The fraction of sp³-hybridized carbons (Fsp3) is 0.133. The Kier molecular flexibility index (Phi) is 5.39. The van der Waals surface area contributed by atoms with Crippen LogP contribution in [0, 0.1) is 11.8 Å². The molecular formula is C15H12BrNO3S. The van der Waals surface area contributed by atoms with Gasteiger partial charge in [-0.05, 0) is 46.3 Å². The van der Waals surface area contributed by atoms with Crippen LogP contribution < -0.4 is 10.1 Å². The van der Waals surface area contributed by atoms with Gasteiger partial charge in [0.1, 0.15) is 12.4 Å². The molecule has 1 aromatic heterocycles. The van der Waals surface area contributed by atoms with Gasteiger partial charge in [-0.15, -0.1) is 11.3 Å². The summed E-state index contributed by atoms with van der Waals surface area (Å²) in [6, 6.07) is 8.77. The molecule has 0 unspecified atom stereocenters. The van der Waals surface area contributed by atoms with Crippen molar-refractivity contribution >= 4 is 38.9 Å². The summed E-state index contributed by atoms with van der Waals surface area (Å²) in [6.07, 6.45) is 0. The number of aliphatic hydroxyl groups excluding tert-OH is 1. The fourth-order valence-electron chi connectivity index (χ4n) is 1.59. The predicted molar refractivity (Wildman–Crippen MR) is 86.9 cm³/mol. The van der Waals surface area contributed by atoms with Gasteiger partial charge in [-0.3, -0.25) is 4.79 Å². The molecule has 108 valence electrons. The van der Waals surface area contributed by atoms with Crippen molar-refractivity contribution in [2.24, 2.45) is 0 Å². The molecule has 0 spiro atoms. The van der Waals surface area contributed by atoms with E-state index in [4.69, 9.17) is 9.84 Å². The number of halogens is 1. The van der Waals surface area contributed by atoms with Gasteiger partial charge in [-0.2, -0.15) is 0 Å². The number of ether oxygens (including phenoxy) is 1. The van der Waals surface area contributed by atoms with E-state index in [1.54, 1.807) is 37.4 Å². The Balaban J connectivity index is 2.10. The van der Waals surface area contributed by atoms with E-state index in [1.807, 2.05) is 0 Å². The number of aliphatic hydroxyl groups is 1. The lowest BCUT2D eigenvalue weighted by atomic mass is 10.3. The van der Waals surface area contributed by atoms with Crippen LogP contribution in [0.25, 0.3) is 0 Å². The number of hydrogen-bond donors (Lipinski definition) is 2. The number of nitrogens with one attached hydrogen (secondary N) is 1. The maximum absolute atomic E-state index is 12.1. The number of hydrogen-bond acceptors (Lipinski definition) is 4. The Morgan fingerprint density at radius 3 is 2.90 bits per heavy atom. The minimum atomic E-state index is -0.200. The van der Waals surface area contributed by atoms with Gasteiger partial charge < -0.3 is 15.2 Å². The van der Waals surface area contributed by atoms with E-state index in [-0.39, 0.29) is 12.5 Å². The van der Waals surface area contributed by atoms with Crippen molar-refractivity contribution in [3.8, 4) is 17.6 Å². The molecular weight excluding hydrogens is 354 g/mol. The molecule has 4 nitrogen and oxygen atoms in total. The molecule has 0 fully saturated rings. The predicted octanol–water partition coefficient (Wildman–Crippen LogP) is 3.12. The number of anilines is 1. The van der Waals surface area contributed by atoms with Gasteiger partial charge in [0.2, 0.25) is 0 Å². The monoisotopic (exact) mass is 365 g/mol. The lowest BCUT2D eigenvalue weighted by molar-refractivity contribution is 0.103. The zero-order valence-electron chi connectivity index (χ0n) is 11.1. The topological polar surface area (TPSA) is 58.6 Å². The molecule has 2 aromatic rings. The van der Waals surface area contributed by atoms with Crippen LogP contribution in [0.2, 0.25) is 0 Å². The van der Waals surface area contributed by atoms with E-state index in [0.29, 0.717) is 16.3 Å². The Morgan fingerprint density at radius 2 is 2.24 bits per heavy atom. The third kappa shape index (κ3) is 4.08. The van der Waals surface area contributed by atoms with Crippen LogP contribution in [0.5, 0.6) is 5.75 Å². The lowest BCUT2D eigenvalue weighted by Crippen LogP contribution is -2.09. The highest BCUT2D eigenvalue weighted by molar-refractivity contribution is 9.10. The highest BCUT2D eigenvalue weighted by Crippen LogP contribution is 2.28. The second-order valence-corrected chi connectivity index (χ2v) is 5.87. The molecule has 6 heteroatoms. The molecule has 0 aliphatic rings. The van der Waals surface area contributed by atoms with Crippen molar-refractivity contribution in [2.75, 3.05) is 19.0 Å². The number of amides is 1. The van der Waals surface area contributed by atoms with E-state index in [0.717, 1.165) is 9.35 Å². The quantitative estimate of drug-likeness (QED) is 0.821. The average Bonchev–Trinajstić information content (AvgIpc) is 2.94. The van der Waals surface area contributed by atoms with Gasteiger partial charge in [0.05, 0.1) is 21.3 Å². The summed E-state index contributed by atoms with van der Waals surface area (Å²) in [6.45, 7) is -0.195. The van der Waals surface area contributed by atoms with Crippen molar-refractivity contribution < 1.29 is 14.6 Å². The summed E-state index contributed by atoms with van der Waals surface area (Å²) in [4.78, 5) is 13.4. The molecule has 21 heavy (non-hydrogen) atoms. The minimum Gasteiger partial charge on any atom is -0.496 e. The highest BCUT2D eigenvalue weighted by Gasteiger charge is 2.10. The van der Waals surface area contributed by atoms with Gasteiger partial charge in [0.25, 0.3) is 5.91 Å². The van der Waals surface area contributed by atoms with Crippen LogP contribution in [0.1, 0.15) is 14.5 Å². The van der Waals surface area contributed by atoms with Crippen LogP contribution in [-0.4, -0.2) is 24.7 Å². The van der Waals surface area contributed by atoms with Crippen molar-refractivity contribution in [1.29, 1.82) is 0 Å². The number of methoxy groups -OCH3 is 1. The van der Waals surface area contributed by atoms with E-state index in [1.165, 1.54) is 11.3 Å². The maximum Gasteiger partial charge on any atom is 0.265 e. The standard InChI is InChI=1S/C15H12BrNO3S/c1-20-13-6-4-10(9-12(13)16)17-15(19)14-7-5-11(21-14)3-2-8-18/h4-7,9,18H,8H2,1H3,(H,17,19). The largest absolute Gasteiger partial charge is 0.496 e. The molecule has 0 saturated heterocycles. The van der Waals surface area contributed by atoms with Crippen LogP contribution in [0.3, 0.4) is 0 Å². The molecule has 0 aliphatic carbocycles. The van der Waals surface area contributed by atoms with Gasteiger partial charge in [-0.25, -0.2) is 0 Å². The average molecular weight is 366 g/mol. The van der Waals surface area contributed by atoms with Crippen molar-refractivity contribution in [1.82, 2.24) is 0 Å². The van der Waals surface area contributed by atoms with Crippen LogP contribution in [-0.2, 0) is 0 Å². The number of benzene rings is 1. The highest BCUT2D eigenvalue weighted by atomic mass is 79.9. The first kappa shape index (κ1) is 15.6. The van der Waals surface area contributed by atoms with E-state index in [2.05, 4.69) is 33.1 Å². The van der Waals surface area contributed by atoms with E-state index in [9.17, 15) is 4.79 Å². The summed E-state index contributed by atoms with van der Waals surface area (Å²) in [5, 5.41) is 11.5. The number of carbonyl (C=O) groups excluding carboxylic acids is 1. The first-order valence-corrected chi connectivity index (χ1v) is 7.59. The molecule has 1 aromatic carbocycles. The number of thiophene rings is 1. The van der Waals surface area contributed by atoms with Crippen molar-refractivity contribution in [3.05, 3.63) is 44.6 Å². The Labute approximate surface area is 134 Å². The summed E-state index contributed by atoms with van der Waals surface area (Å²) in [5.74, 6) is 5.82. The summed E-state index contributed by atoms with van der Waals surface area (Å²) in [7, 11) is 1.58. The second kappa shape index (κ2) is 7.27. The molecule has 1 heterocycles. The first-order chi connectivity index (χ1) is 10.1. The third-order valence-electron chi connectivity index (χ3n) is 2.53. The van der Waals surface area contributed by atoms with Gasteiger partial charge in [-0.1, -0.05) is 11.8 Å². The molecule has 0 aliphatic heterocycles. The lowest BCUT2D eigenvalue weighted by Gasteiger charge is -2.07. The van der Waals surface area contributed by atoms with Crippen molar-refractivity contribution in [3.63, 3.8) is 0 Å². The molecule has 0 atom stereocenters. The fourth-order valence-corrected chi connectivity index (χ4v) is 2.91. The third-order valence-corrected chi connectivity index (χ3v) is 4.15. The summed E-state index contributed by atoms with van der Waals surface area (Å²) >= 11 is 4.65. The minimum absolute atomic E-state index is 0.195. The Morgan fingerprint density at radius 1 is 1.43 bits per heavy atom. The van der Waals surface area contributed by atoms with Crippen LogP contribution >= 0.6 is 27.3 Å². The zero-order chi connectivity index (χ0) is 15.2. The molecule has 1 amide bonds. The number of carbonyl (C=O) groups is 1. The second-order valence-electron chi connectivity index (χ2n) is 3.93. The van der Waals surface area contributed by atoms with Gasteiger partial charge in [0, 0.05) is 5.69 Å². The molecule has 2 rings (SSSR count). The molecule has 0 bridgehead atoms. The molecule has 2 N–H and O–H groups in total. The zero-order valence-corrected chi connectivity index (χ0v) is 13.5. The van der Waals surface area contributed by atoms with E-state index >= 15 is 0 Å².